The molecule has 0 aliphatic heterocycles. The highest BCUT2D eigenvalue weighted by atomic mass is 16.3. The van der Waals surface area contributed by atoms with Crippen LogP contribution in [0.5, 0.6) is 5.75 Å². The first-order chi connectivity index (χ1) is 14.0. The molecule has 0 aliphatic rings. The number of aromatic hydroxyl groups is 1. The molecule has 0 saturated heterocycles. The number of rotatable bonds is 5. The van der Waals surface area contributed by atoms with Gasteiger partial charge in [0.05, 0.1) is 11.4 Å². The Morgan fingerprint density at radius 1 is 0.966 bits per heavy atom. The number of nitrogens with zero attached hydrogens (tertiary/aromatic N) is 3. The molecule has 3 aromatic carbocycles. The van der Waals surface area contributed by atoms with Gasteiger partial charge in [-0.3, -0.25) is 10.2 Å². The second-order valence-corrected chi connectivity index (χ2v) is 6.77. The van der Waals surface area contributed by atoms with E-state index in [0.717, 1.165) is 28.5 Å². The Balaban J connectivity index is 1.99. The first-order valence-electron chi connectivity index (χ1n) is 9.15. The van der Waals surface area contributed by atoms with Gasteiger partial charge in [-0.1, -0.05) is 42.5 Å². The van der Waals surface area contributed by atoms with Crippen molar-refractivity contribution < 1.29 is 9.90 Å². The van der Waals surface area contributed by atoms with E-state index < -0.39 is 0 Å². The summed E-state index contributed by atoms with van der Waals surface area (Å²) >= 11 is 0. The van der Waals surface area contributed by atoms with Crippen molar-refractivity contribution in [2.24, 2.45) is 15.3 Å². The van der Waals surface area contributed by atoms with Crippen LogP contribution >= 0.6 is 0 Å². The van der Waals surface area contributed by atoms with Crippen LogP contribution in [0.3, 0.4) is 0 Å². The van der Waals surface area contributed by atoms with E-state index in [2.05, 4.69) is 20.8 Å². The smallest absolute Gasteiger partial charge is 0.201 e. The number of carbonyl (C=O) groups excluding carboxylic acids is 1. The molecule has 0 spiro atoms. The molecule has 0 aliphatic carbocycles. The number of nitrogens with one attached hydrogen (secondary N) is 1. The highest BCUT2D eigenvalue weighted by molar-refractivity contribution is 5.99. The summed E-state index contributed by atoms with van der Waals surface area (Å²) in [6, 6.07) is 18.4. The summed E-state index contributed by atoms with van der Waals surface area (Å²) in [4.78, 5) is 11.3. The van der Waals surface area contributed by atoms with Crippen LogP contribution in [0.2, 0.25) is 0 Å². The van der Waals surface area contributed by atoms with Crippen LogP contribution in [-0.2, 0) is 0 Å². The molecular formula is C23H22N4O2. The maximum atomic E-state index is 11.3. The first kappa shape index (κ1) is 19.9. The van der Waals surface area contributed by atoms with E-state index in [-0.39, 0.29) is 5.75 Å². The van der Waals surface area contributed by atoms with Crippen LogP contribution in [-0.4, -0.2) is 17.2 Å². The molecule has 2 N–H and O–H groups in total. The van der Waals surface area contributed by atoms with E-state index in [1.165, 1.54) is 0 Å². The van der Waals surface area contributed by atoms with Crippen LogP contribution in [0, 0.1) is 20.8 Å². The molecule has 29 heavy (non-hydrogen) atoms. The zero-order valence-corrected chi connectivity index (χ0v) is 16.5. The summed E-state index contributed by atoms with van der Waals surface area (Å²) in [6.45, 7) is 5.69. The molecule has 0 amide bonds. The number of carbonyl (C=O) groups is 1. The van der Waals surface area contributed by atoms with E-state index in [1.54, 1.807) is 18.2 Å². The Labute approximate surface area is 169 Å². The number of hydrogen-bond acceptors (Lipinski definition) is 5. The number of anilines is 1. The number of azo groups is 1. The van der Waals surface area contributed by atoms with E-state index in [9.17, 15) is 9.90 Å². The van der Waals surface area contributed by atoms with Crippen LogP contribution in [0.25, 0.3) is 0 Å². The van der Waals surface area contributed by atoms with Gasteiger partial charge in [-0.25, -0.2) is 0 Å². The number of hydrazone groups is 1. The molecule has 3 rings (SSSR count). The predicted octanol–water partition coefficient (Wildman–Crippen LogP) is 5.69. The van der Waals surface area contributed by atoms with Gasteiger partial charge in [0, 0.05) is 11.1 Å². The number of phenols is 1. The van der Waals surface area contributed by atoms with Crippen molar-refractivity contribution in [1.29, 1.82) is 0 Å². The van der Waals surface area contributed by atoms with Crippen molar-refractivity contribution in [2.45, 2.75) is 20.8 Å². The number of benzene rings is 3. The lowest BCUT2D eigenvalue weighted by Crippen LogP contribution is -2.02. The van der Waals surface area contributed by atoms with Crippen LogP contribution in [0.1, 0.15) is 32.6 Å². The number of phenolic OH excluding ortho intramolecular Hbond substituents is 1. The largest absolute Gasteiger partial charge is 0.505 e. The molecule has 0 saturated carbocycles. The minimum atomic E-state index is 0.130. The molecule has 0 bridgehead atoms. The number of amidine groups is 1. The zero-order valence-electron chi connectivity index (χ0n) is 16.5. The Morgan fingerprint density at radius 3 is 2.45 bits per heavy atom. The number of hydrogen-bond donors (Lipinski definition) is 2. The summed E-state index contributed by atoms with van der Waals surface area (Å²) in [5, 5.41) is 23.2. The van der Waals surface area contributed by atoms with Crippen molar-refractivity contribution >= 4 is 23.5 Å². The van der Waals surface area contributed by atoms with Crippen molar-refractivity contribution in [3.8, 4) is 5.75 Å². The second-order valence-electron chi connectivity index (χ2n) is 6.77. The third kappa shape index (κ3) is 4.93. The molecule has 6 heteroatoms. The fourth-order valence-corrected chi connectivity index (χ4v) is 2.83. The maximum Gasteiger partial charge on any atom is 0.201 e. The van der Waals surface area contributed by atoms with E-state index in [4.69, 9.17) is 0 Å². The van der Waals surface area contributed by atoms with Gasteiger partial charge >= 0.3 is 0 Å². The van der Waals surface area contributed by atoms with Crippen LogP contribution in [0.4, 0.5) is 11.4 Å². The van der Waals surface area contributed by atoms with Gasteiger partial charge in [0.2, 0.25) is 5.84 Å². The van der Waals surface area contributed by atoms with E-state index in [1.807, 2.05) is 63.2 Å². The predicted molar refractivity (Wildman–Crippen MR) is 115 cm³/mol. The quantitative estimate of drug-likeness (QED) is 0.147. The molecule has 3 aromatic rings. The summed E-state index contributed by atoms with van der Waals surface area (Å²) < 4.78 is 0. The Bertz CT molecular complexity index is 1090. The first-order valence-corrected chi connectivity index (χ1v) is 9.15. The van der Waals surface area contributed by atoms with Crippen molar-refractivity contribution in [3.63, 3.8) is 0 Å². The minimum Gasteiger partial charge on any atom is -0.505 e. The lowest BCUT2D eigenvalue weighted by molar-refractivity contribution is 0.112. The zero-order chi connectivity index (χ0) is 20.8. The molecule has 0 unspecified atom stereocenters. The lowest BCUT2D eigenvalue weighted by Gasteiger charge is -2.09. The molecule has 0 aromatic heterocycles. The highest BCUT2D eigenvalue weighted by Crippen LogP contribution is 2.29. The Kier molecular flexibility index (Phi) is 6.14. The fourth-order valence-electron chi connectivity index (χ4n) is 2.83. The van der Waals surface area contributed by atoms with Crippen LogP contribution < -0.4 is 5.43 Å². The van der Waals surface area contributed by atoms with E-state index >= 15 is 0 Å². The summed E-state index contributed by atoms with van der Waals surface area (Å²) in [5.74, 6) is 0.452. The third-order valence-electron chi connectivity index (χ3n) is 4.32. The molecule has 146 valence electrons. The van der Waals surface area contributed by atoms with E-state index in [0.29, 0.717) is 22.8 Å². The van der Waals surface area contributed by atoms with Gasteiger partial charge in [-0.15, -0.1) is 10.2 Å². The van der Waals surface area contributed by atoms with Gasteiger partial charge in [0.25, 0.3) is 0 Å². The minimum absolute atomic E-state index is 0.130. The van der Waals surface area contributed by atoms with Crippen molar-refractivity contribution in [1.82, 2.24) is 0 Å². The number of aryl methyl sites for hydroxylation is 3. The van der Waals surface area contributed by atoms with Gasteiger partial charge in [-0.05, 0) is 55.7 Å². The van der Waals surface area contributed by atoms with Gasteiger partial charge in [-0.2, -0.15) is 5.10 Å². The van der Waals surface area contributed by atoms with Crippen molar-refractivity contribution in [2.75, 3.05) is 5.43 Å². The summed E-state index contributed by atoms with van der Waals surface area (Å²) in [5.41, 5.74) is 7.75. The summed E-state index contributed by atoms with van der Waals surface area (Å²) in [6.07, 6.45) is 0.749. The Morgan fingerprint density at radius 2 is 1.72 bits per heavy atom. The lowest BCUT2D eigenvalue weighted by atomic mass is 10.1. The Hall–Kier alpha value is -3.80. The number of aldehydes is 1. The van der Waals surface area contributed by atoms with Gasteiger partial charge < -0.3 is 5.11 Å². The molecule has 6 nitrogen and oxygen atoms in total. The molecular weight excluding hydrogens is 364 g/mol. The normalized spacial score (nSPS) is 11.6. The maximum absolute atomic E-state index is 11.3. The van der Waals surface area contributed by atoms with Gasteiger partial charge in [0.15, 0.2) is 6.29 Å². The highest BCUT2D eigenvalue weighted by Gasteiger charge is 2.08. The molecule has 0 radical (unpaired) electrons. The topological polar surface area (TPSA) is 86.4 Å². The SMILES string of the molecule is Cc1ccc(C=O)c(N=NC(=NNc2cc(C)cc(C)c2O)c2ccccc2)c1. The molecule has 0 atom stereocenters. The average molecular weight is 386 g/mol. The summed E-state index contributed by atoms with van der Waals surface area (Å²) in [7, 11) is 0. The van der Waals surface area contributed by atoms with Crippen molar-refractivity contribution in [3.05, 3.63) is 88.5 Å². The van der Waals surface area contributed by atoms with Crippen LogP contribution in [0.15, 0.2) is 76.0 Å². The fraction of sp³-hybridized carbons (Fsp3) is 0.130. The monoisotopic (exact) mass is 386 g/mol. The van der Waals surface area contributed by atoms with Gasteiger partial charge in [0.1, 0.15) is 5.75 Å². The standard InChI is InChI=1S/C23H22N4O2/c1-15-9-10-19(14-28)20(12-15)24-26-23(18-7-5-4-6-8-18)27-25-21-13-16(2)11-17(3)22(21)29/h4-14,25,29H,1-3H3. The third-order valence-corrected chi connectivity index (χ3v) is 4.32. The second kappa shape index (κ2) is 8.93. The molecule has 0 fully saturated rings. The average Bonchev–Trinajstić information content (AvgIpc) is 2.72. The molecule has 0 heterocycles.